The Morgan fingerprint density at radius 1 is 1.65 bits per heavy atom. The summed E-state index contributed by atoms with van der Waals surface area (Å²) < 4.78 is 39.4. The van der Waals surface area contributed by atoms with Crippen LogP contribution >= 0.6 is 11.6 Å². The molecule has 92 valence electrons. The molecule has 0 aliphatic rings. The molecule has 0 bridgehead atoms. The lowest BCUT2D eigenvalue weighted by atomic mass is 9.94. The molecule has 8 heteroatoms. The predicted molar refractivity (Wildman–Crippen MR) is 52.9 cm³/mol. The molecule has 0 unspecified atom stereocenters. The maximum absolute atomic E-state index is 12.9. The molecule has 0 saturated carbocycles. The number of hydrogen-bond acceptors (Lipinski definition) is 3. The number of imidazole rings is 1. The number of nitrogens with zero attached hydrogens (tertiary/aromatic N) is 3. The van der Waals surface area contributed by atoms with Gasteiger partial charge >= 0.3 is 6.18 Å². The van der Waals surface area contributed by atoms with Gasteiger partial charge in [0.2, 0.25) is 0 Å². The van der Waals surface area contributed by atoms with Gasteiger partial charge in [-0.2, -0.15) is 18.4 Å². The van der Waals surface area contributed by atoms with Gasteiger partial charge in [0.05, 0.1) is 17.8 Å². The molecule has 1 aromatic rings. The Morgan fingerprint density at radius 2 is 2.18 bits per heavy atom. The van der Waals surface area contributed by atoms with Crippen molar-refractivity contribution in [2.24, 2.45) is 7.05 Å². The number of nitriles is 1. The highest BCUT2D eigenvalue weighted by Crippen LogP contribution is 2.43. The quantitative estimate of drug-likeness (QED) is 0.831. The van der Waals surface area contributed by atoms with Gasteiger partial charge in [0.15, 0.2) is 5.82 Å². The molecule has 17 heavy (non-hydrogen) atoms. The van der Waals surface area contributed by atoms with Crippen LogP contribution in [-0.2, 0) is 12.6 Å². The Labute approximate surface area is 99.6 Å². The van der Waals surface area contributed by atoms with Crippen LogP contribution in [0.15, 0.2) is 18.3 Å². The molecule has 0 fully saturated rings. The summed E-state index contributed by atoms with van der Waals surface area (Å²) in [6.07, 6.45) is -4.18. The first-order valence-corrected chi connectivity index (χ1v) is 4.60. The molecule has 1 atom stereocenters. The molecule has 1 N–H and O–H groups in total. The zero-order valence-corrected chi connectivity index (χ0v) is 9.34. The summed E-state index contributed by atoms with van der Waals surface area (Å²) in [5.41, 5.74) is -4.61. The molecule has 0 aromatic carbocycles. The van der Waals surface area contributed by atoms with Crippen molar-refractivity contribution in [3.05, 3.63) is 29.3 Å². The molecule has 0 aliphatic carbocycles. The lowest BCUT2D eigenvalue weighted by Crippen LogP contribution is -2.45. The van der Waals surface area contributed by atoms with Crippen molar-refractivity contribution >= 4 is 11.6 Å². The summed E-state index contributed by atoms with van der Waals surface area (Å²) in [6, 6.07) is 1.19. The number of aliphatic hydroxyl groups is 1. The van der Waals surface area contributed by atoms with E-state index in [4.69, 9.17) is 16.9 Å². The molecule has 0 saturated heterocycles. The first kappa shape index (κ1) is 13.5. The van der Waals surface area contributed by atoms with Crippen LogP contribution in [0.5, 0.6) is 0 Å². The van der Waals surface area contributed by atoms with Gasteiger partial charge in [0.1, 0.15) is 5.15 Å². The first-order chi connectivity index (χ1) is 7.66. The molecule has 4 nitrogen and oxygen atoms in total. The Hall–Kier alpha value is -1.52. The second kappa shape index (κ2) is 4.05. The third-order valence-corrected chi connectivity index (χ3v) is 2.59. The van der Waals surface area contributed by atoms with Crippen LogP contribution in [0.3, 0.4) is 0 Å². The van der Waals surface area contributed by atoms with Crippen molar-refractivity contribution in [3.8, 4) is 6.07 Å². The van der Waals surface area contributed by atoms with E-state index in [2.05, 4.69) is 11.6 Å². The lowest BCUT2D eigenvalue weighted by Gasteiger charge is -2.28. The molecular formula is C9H7ClF3N3O. The number of alkyl halides is 3. The van der Waals surface area contributed by atoms with Gasteiger partial charge in [-0.3, -0.25) is 0 Å². The van der Waals surface area contributed by atoms with Crippen molar-refractivity contribution in [3.63, 3.8) is 0 Å². The zero-order valence-electron chi connectivity index (χ0n) is 8.59. The topological polar surface area (TPSA) is 61.8 Å². The van der Waals surface area contributed by atoms with E-state index < -0.39 is 23.2 Å². The minimum absolute atomic E-state index is 0.103. The van der Waals surface area contributed by atoms with Gasteiger partial charge in [-0.15, -0.1) is 0 Å². The third-order valence-electron chi connectivity index (χ3n) is 2.24. The van der Waals surface area contributed by atoms with Crippen molar-refractivity contribution in [2.75, 3.05) is 0 Å². The van der Waals surface area contributed by atoms with Crippen molar-refractivity contribution in [2.45, 2.75) is 11.8 Å². The van der Waals surface area contributed by atoms with Crippen molar-refractivity contribution in [1.29, 1.82) is 5.26 Å². The van der Waals surface area contributed by atoms with Crippen LogP contribution in [0.4, 0.5) is 13.2 Å². The standard InChI is InChI=1S/C9H7ClF3N3O/c1-5(3-14)8(17,9(11,12)13)7-15-4-6(10)16(7)2/h4,17H,1H2,2H3/t8-/m0/s1. The Kier molecular flexibility index (Phi) is 3.23. The minimum atomic E-state index is -5.12. The molecule has 1 rings (SSSR count). The SMILES string of the molecule is C=C(C#N)[C@](O)(c1ncc(Cl)n1C)C(F)(F)F. The second-order valence-electron chi connectivity index (χ2n) is 3.26. The number of aromatic nitrogens is 2. The van der Waals surface area contributed by atoms with E-state index in [-0.39, 0.29) is 5.15 Å². The summed E-state index contributed by atoms with van der Waals surface area (Å²) >= 11 is 5.54. The summed E-state index contributed by atoms with van der Waals surface area (Å²) in [5, 5.41) is 18.1. The predicted octanol–water partition coefficient (Wildman–Crippen LogP) is 1.90. The average molecular weight is 266 g/mol. The van der Waals surface area contributed by atoms with Gasteiger partial charge < -0.3 is 9.67 Å². The maximum atomic E-state index is 12.9. The molecule has 1 aromatic heterocycles. The van der Waals surface area contributed by atoms with E-state index in [0.717, 1.165) is 10.8 Å². The number of hydrogen-bond donors (Lipinski definition) is 1. The van der Waals surface area contributed by atoms with E-state index >= 15 is 0 Å². The molecule has 1 heterocycles. The van der Waals surface area contributed by atoms with Crippen LogP contribution in [-0.4, -0.2) is 20.8 Å². The Balaban J connectivity index is 3.52. The van der Waals surface area contributed by atoms with Crippen LogP contribution in [0.1, 0.15) is 5.82 Å². The smallest absolute Gasteiger partial charge is 0.369 e. The summed E-state index contributed by atoms with van der Waals surface area (Å²) in [4.78, 5) is 3.37. The molecule has 0 amide bonds. The van der Waals surface area contributed by atoms with Gasteiger partial charge in [0, 0.05) is 7.05 Å². The number of halogens is 4. The Bertz CT molecular complexity index is 503. The van der Waals surface area contributed by atoms with E-state index in [9.17, 15) is 18.3 Å². The highest BCUT2D eigenvalue weighted by molar-refractivity contribution is 6.29. The average Bonchev–Trinajstić information content (AvgIpc) is 2.56. The maximum Gasteiger partial charge on any atom is 0.429 e. The van der Waals surface area contributed by atoms with Crippen LogP contribution in [0.2, 0.25) is 5.15 Å². The fraction of sp³-hybridized carbons (Fsp3) is 0.333. The van der Waals surface area contributed by atoms with Gasteiger partial charge in [-0.1, -0.05) is 18.2 Å². The van der Waals surface area contributed by atoms with Crippen molar-refractivity contribution < 1.29 is 18.3 Å². The second-order valence-corrected chi connectivity index (χ2v) is 3.65. The van der Waals surface area contributed by atoms with Crippen LogP contribution < -0.4 is 0 Å². The number of rotatable bonds is 2. The van der Waals surface area contributed by atoms with E-state index in [1.165, 1.54) is 13.1 Å². The van der Waals surface area contributed by atoms with Crippen molar-refractivity contribution in [1.82, 2.24) is 9.55 Å². The van der Waals surface area contributed by atoms with Gasteiger partial charge in [-0.05, 0) is 0 Å². The fourth-order valence-corrected chi connectivity index (χ4v) is 1.37. The monoisotopic (exact) mass is 265 g/mol. The zero-order chi connectivity index (χ0) is 13.4. The van der Waals surface area contributed by atoms with Crippen LogP contribution in [0, 0.1) is 11.3 Å². The summed E-state index contributed by atoms with van der Waals surface area (Å²) in [5.74, 6) is -0.804. The summed E-state index contributed by atoms with van der Waals surface area (Å²) in [7, 11) is 1.19. The van der Waals surface area contributed by atoms with E-state index in [0.29, 0.717) is 0 Å². The largest absolute Gasteiger partial charge is 0.429 e. The molecule has 0 spiro atoms. The normalized spacial score (nSPS) is 15.1. The van der Waals surface area contributed by atoms with E-state index in [1.807, 2.05) is 0 Å². The summed E-state index contributed by atoms with van der Waals surface area (Å²) in [6.45, 7) is 2.91. The fourth-order valence-electron chi connectivity index (χ4n) is 1.24. The minimum Gasteiger partial charge on any atom is -0.369 e. The van der Waals surface area contributed by atoms with Gasteiger partial charge in [-0.25, -0.2) is 4.98 Å². The Morgan fingerprint density at radius 3 is 2.47 bits per heavy atom. The molecular weight excluding hydrogens is 259 g/mol. The third kappa shape index (κ3) is 1.90. The van der Waals surface area contributed by atoms with Gasteiger partial charge in [0.25, 0.3) is 5.60 Å². The highest BCUT2D eigenvalue weighted by Gasteiger charge is 2.60. The van der Waals surface area contributed by atoms with Crippen LogP contribution in [0.25, 0.3) is 0 Å². The molecule has 0 aliphatic heterocycles. The highest BCUT2D eigenvalue weighted by atomic mass is 35.5. The molecule has 0 radical (unpaired) electrons. The van der Waals surface area contributed by atoms with E-state index in [1.54, 1.807) is 0 Å². The lowest BCUT2D eigenvalue weighted by molar-refractivity contribution is -0.251. The first-order valence-electron chi connectivity index (χ1n) is 4.22.